The molecule has 0 saturated heterocycles. The second kappa shape index (κ2) is 3.86. The molecule has 0 spiro atoms. The molecule has 0 fully saturated rings. The number of rotatable bonds is 2. The minimum Gasteiger partial charge on any atom is -0.366 e. The van der Waals surface area contributed by atoms with Gasteiger partial charge in [-0.25, -0.2) is 0 Å². The molecule has 0 atom stereocenters. The summed E-state index contributed by atoms with van der Waals surface area (Å²) in [7, 11) is 0. The van der Waals surface area contributed by atoms with E-state index < -0.39 is 5.91 Å². The lowest BCUT2D eigenvalue weighted by Crippen LogP contribution is -2.10. The number of amides is 1. The molecule has 0 aliphatic rings. The smallest absolute Gasteiger partial charge is 0.251 e. The molecule has 0 unspecified atom stereocenters. The number of hydrogen-bond donors (Lipinski definition) is 2. The van der Waals surface area contributed by atoms with E-state index in [0.29, 0.717) is 10.2 Å². The van der Waals surface area contributed by atoms with Crippen molar-refractivity contribution in [2.24, 2.45) is 5.73 Å². The maximum Gasteiger partial charge on any atom is 0.251 e. The van der Waals surface area contributed by atoms with Crippen molar-refractivity contribution in [2.45, 2.75) is 0 Å². The molecule has 0 radical (unpaired) electrons. The van der Waals surface area contributed by atoms with Crippen molar-refractivity contribution in [3.63, 3.8) is 0 Å². The Hall–Kier alpha value is -1.62. The molecule has 5 heteroatoms. The van der Waals surface area contributed by atoms with E-state index in [1.54, 1.807) is 18.5 Å². The molecule has 2 aromatic rings. The number of nitrogens with zero attached hydrogens (tertiary/aromatic N) is 1. The van der Waals surface area contributed by atoms with E-state index in [0.717, 1.165) is 11.3 Å². The van der Waals surface area contributed by atoms with Crippen LogP contribution in [-0.4, -0.2) is 15.9 Å². The maximum atomic E-state index is 11.0. The summed E-state index contributed by atoms with van der Waals surface area (Å²) in [5.74, 6) is -0.460. The van der Waals surface area contributed by atoms with Crippen molar-refractivity contribution in [3.8, 4) is 11.3 Å². The number of aromatic nitrogens is 2. The first-order chi connectivity index (χ1) is 7.18. The second-order valence-corrected chi connectivity index (χ2v) is 3.80. The van der Waals surface area contributed by atoms with Gasteiger partial charge in [0.2, 0.25) is 0 Å². The van der Waals surface area contributed by atoms with Crippen LogP contribution < -0.4 is 5.73 Å². The van der Waals surface area contributed by atoms with Gasteiger partial charge in [0.05, 0.1) is 10.2 Å². The number of carbonyl (C=O) groups excluding carboxylic acids is 1. The Morgan fingerprint density at radius 2 is 2.07 bits per heavy atom. The van der Waals surface area contributed by atoms with Crippen LogP contribution in [0.25, 0.3) is 11.3 Å². The number of H-pyrrole nitrogens is 1. The van der Waals surface area contributed by atoms with Crippen LogP contribution in [0.2, 0.25) is 0 Å². The normalized spacial score (nSPS) is 10.2. The fourth-order valence-electron chi connectivity index (χ4n) is 1.30. The SMILES string of the molecule is NC(=O)c1cc(-c2ccncc2)[nH]c1Br. The molecule has 0 saturated carbocycles. The van der Waals surface area contributed by atoms with Gasteiger partial charge in [0.15, 0.2) is 0 Å². The Balaban J connectivity index is 2.48. The van der Waals surface area contributed by atoms with E-state index in [4.69, 9.17) is 5.73 Å². The van der Waals surface area contributed by atoms with Crippen LogP contribution in [0.5, 0.6) is 0 Å². The number of hydrogen-bond acceptors (Lipinski definition) is 2. The first kappa shape index (κ1) is 9.92. The third-order valence-electron chi connectivity index (χ3n) is 2.03. The van der Waals surface area contributed by atoms with Gasteiger partial charge >= 0.3 is 0 Å². The predicted molar refractivity (Wildman–Crippen MR) is 60.2 cm³/mol. The summed E-state index contributed by atoms with van der Waals surface area (Å²) in [6.07, 6.45) is 3.38. The van der Waals surface area contributed by atoms with Gasteiger partial charge in [-0.2, -0.15) is 0 Å². The van der Waals surface area contributed by atoms with Gasteiger partial charge in [0, 0.05) is 23.7 Å². The van der Waals surface area contributed by atoms with Crippen molar-refractivity contribution in [1.29, 1.82) is 0 Å². The molecular weight excluding hydrogens is 258 g/mol. The van der Waals surface area contributed by atoms with Crippen LogP contribution in [-0.2, 0) is 0 Å². The molecule has 2 rings (SSSR count). The molecule has 76 valence electrons. The lowest BCUT2D eigenvalue weighted by atomic mass is 10.2. The minimum atomic E-state index is -0.460. The number of aromatic amines is 1. The standard InChI is InChI=1S/C10H8BrN3O/c11-9-7(10(12)15)5-8(14-9)6-1-3-13-4-2-6/h1-5,14H,(H2,12,15). The number of carbonyl (C=O) groups is 1. The quantitative estimate of drug-likeness (QED) is 0.871. The highest BCUT2D eigenvalue weighted by atomic mass is 79.9. The van der Waals surface area contributed by atoms with Crippen LogP contribution in [0.3, 0.4) is 0 Å². The zero-order chi connectivity index (χ0) is 10.8. The van der Waals surface area contributed by atoms with Crippen molar-refractivity contribution in [1.82, 2.24) is 9.97 Å². The van der Waals surface area contributed by atoms with Gasteiger partial charge in [-0.1, -0.05) is 0 Å². The van der Waals surface area contributed by atoms with Crippen molar-refractivity contribution < 1.29 is 4.79 Å². The highest BCUT2D eigenvalue weighted by Crippen LogP contribution is 2.24. The zero-order valence-electron chi connectivity index (χ0n) is 7.70. The Bertz CT molecular complexity index is 493. The summed E-state index contributed by atoms with van der Waals surface area (Å²) in [6.45, 7) is 0. The van der Waals surface area contributed by atoms with Crippen molar-refractivity contribution >= 4 is 21.8 Å². The molecule has 1 amide bonds. The van der Waals surface area contributed by atoms with Gasteiger partial charge in [0.1, 0.15) is 0 Å². The number of nitrogens with one attached hydrogen (secondary N) is 1. The highest BCUT2D eigenvalue weighted by Gasteiger charge is 2.11. The Morgan fingerprint density at radius 3 is 2.60 bits per heavy atom. The topological polar surface area (TPSA) is 71.8 Å². The lowest BCUT2D eigenvalue weighted by Gasteiger charge is -1.94. The fraction of sp³-hybridized carbons (Fsp3) is 0. The molecule has 0 aliphatic carbocycles. The maximum absolute atomic E-state index is 11.0. The van der Waals surface area contributed by atoms with Gasteiger partial charge in [0.25, 0.3) is 5.91 Å². The molecule has 0 aromatic carbocycles. The van der Waals surface area contributed by atoms with E-state index in [1.165, 1.54) is 0 Å². The Morgan fingerprint density at radius 1 is 1.40 bits per heavy atom. The number of primary amides is 1. The minimum absolute atomic E-state index is 0.446. The van der Waals surface area contributed by atoms with Crippen LogP contribution >= 0.6 is 15.9 Å². The van der Waals surface area contributed by atoms with Gasteiger partial charge in [-0.3, -0.25) is 9.78 Å². The summed E-state index contributed by atoms with van der Waals surface area (Å²) in [4.78, 5) is 18.0. The second-order valence-electron chi connectivity index (χ2n) is 3.01. The van der Waals surface area contributed by atoms with E-state index in [-0.39, 0.29) is 0 Å². The molecule has 3 N–H and O–H groups in total. The summed E-state index contributed by atoms with van der Waals surface area (Å²) in [6, 6.07) is 5.41. The van der Waals surface area contributed by atoms with Gasteiger partial charge < -0.3 is 10.7 Å². The van der Waals surface area contributed by atoms with Crippen LogP contribution in [0.4, 0.5) is 0 Å². The summed E-state index contributed by atoms with van der Waals surface area (Å²) < 4.78 is 0.599. The summed E-state index contributed by atoms with van der Waals surface area (Å²) in [5.41, 5.74) is 7.44. The van der Waals surface area contributed by atoms with Crippen molar-refractivity contribution in [2.75, 3.05) is 0 Å². The predicted octanol–water partition coefficient (Wildman–Crippen LogP) is 1.94. The average Bonchev–Trinajstić information content (AvgIpc) is 2.62. The summed E-state index contributed by atoms with van der Waals surface area (Å²) in [5, 5.41) is 0. The highest BCUT2D eigenvalue weighted by molar-refractivity contribution is 9.10. The van der Waals surface area contributed by atoms with Gasteiger partial charge in [-0.05, 0) is 34.1 Å². The lowest BCUT2D eigenvalue weighted by molar-refractivity contribution is 0.1000. The monoisotopic (exact) mass is 265 g/mol. The number of halogens is 1. The van der Waals surface area contributed by atoms with Crippen molar-refractivity contribution in [3.05, 3.63) is 40.8 Å². The zero-order valence-corrected chi connectivity index (χ0v) is 9.28. The van der Waals surface area contributed by atoms with E-state index in [2.05, 4.69) is 25.9 Å². The molecule has 2 aromatic heterocycles. The largest absolute Gasteiger partial charge is 0.366 e. The first-order valence-electron chi connectivity index (χ1n) is 4.27. The van der Waals surface area contributed by atoms with Gasteiger partial charge in [-0.15, -0.1) is 0 Å². The number of nitrogens with two attached hydrogens (primary N) is 1. The third kappa shape index (κ3) is 1.92. The first-order valence-corrected chi connectivity index (χ1v) is 5.06. The van der Waals surface area contributed by atoms with Crippen LogP contribution in [0.1, 0.15) is 10.4 Å². The molecule has 4 nitrogen and oxygen atoms in total. The molecule has 0 aliphatic heterocycles. The Kier molecular flexibility index (Phi) is 2.55. The summed E-state index contributed by atoms with van der Waals surface area (Å²) >= 11 is 3.24. The molecular formula is C10H8BrN3O. The fourth-order valence-corrected chi connectivity index (χ4v) is 1.82. The molecule has 0 bridgehead atoms. The number of pyridine rings is 1. The molecule has 15 heavy (non-hydrogen) atoms. The van der Waals surface area contributed by atoms with E-state index in [1.807, 2.05) is 12.1 Å². The van der Waals surface area contributed by atoms with Crippen LogP contribution in [0.15, 0.2) is 35.2 Å². The Labute approximate surface area is 94.7 Å². The molecule has 2 heterocycles. The average molecular weight is 266 g/mol. The third-order valence-corrected chi connectivity index (χ3v) is 2.65. The van der Waals surface area contributed by atoms with E-state index >= 15 is 0 Å². The van der Waals surface area contributed by atoms with Crippen LogP contribution in [0, 0.1) is 0 Å². The van der Waals surface area contributed by atoms with E-state index in [9.17, 15) is 4.79 Å².